The SMILES string of the molecule is CCN(CC)C(=O)COC(=O)CNC(=O)c1ccc(C(C)(C)C)cc1. The van der Waals surface area contributed by atoms with Crippen molar-refractivity contribution in [3.05, 3.63) is 35.4 Å². The fourth-order valence-electron chi connectivity index (χ4n) is 2.24. The Balaban J connectivity index is 2.45. The predicted octanol–water partition coefficient (Wildman–Crippen LogP) is 2.13. The first-order valence-electron chi connectivity index (χ1n) is 8.51. The summed E-state index contributed by atoms with van der Waals surface area (Å²) in [6.07, 6.45) is 0. The molecule has 0 saturated heterocycles. The van der Waals surface area contributed by atoms with Gasteiger partial charge >= 0.3 is 5.97 Å². The average Bonchev–Trinajstić information content (AvgIpc) is 2.58. The van der Waals surface area contributed by atoms with Gasteiger partial charge in [0.25, 0.3) is 11.8 Å². The molecule has 0 aliphatic carbocycles. The molecule has 0 heterocycles. The second kappa shape index (κ2) is 9.20. The van der Waals surface area contributed by atoms with Gasteiger partial charge in [0.1, 0.15) is 6.54 Å². The number of likely N-dealkylation sites (N-methyl/N-ethyl adjacent to an activating group) is 1. The van der Waals surface area contributed by atoms with Gasteiger partial charge < -0.3 is 15.0 Å². The van der Waals surface area contributed by atoms with E-state index in [-0.39, 0.29) is 30.4 Å². The van der Waals surface area contributed by atoms with E-state index in [4.69, 9.17) is 4.74 Å². The second-order valence-corrected chi connectivity index (χ2v) is 6.74. The highest BCUT2D eigenvalue weighted by molar-refractivity contribution is 5.96. The third-order valence-corrected chi connectivity index (χ3v) is 3.88. The average molecular weight is 348 g/mol. The highest BCUT2D eigenvalue weighted by Gasteiger charge is 2.16. The molecule has 1 aromatic rings. The molecule has 0 aliphatic heterocycles. The van der Waals surface area contributed by atoms with Gasteiger partial charge in [0.15, 0.2) is 6.61 Å². The van der Waals surface area contributed by atoms with Crippen molar-refractivity contribution in [1.82, 2.24) is 10.2 Å². The Kier molecular flexibility index (Phi) is 7.61. The minimum atomic E-state index is -0.639. The summed E-state index contributed by atoms with van der Waals surface area (Å²) < 4.78 is 4.89. The number of benzene rings is 1. The first-order valence-corrected chi connectivity index (χ1v) is 8.51. The molecule has 6 nitrogen and oxygen atoms in total. The van der Waals surface area contributed by atoms with Crippen molar-refractivity contribution in [2.75, 3.05) is 26.2 Å². The Morgan fingerprint density at radius 1 is 1.04 bits per heavy atom. The number of amides is 2. The van der Waals surface area contributed by atoms with Gasteiger partial charge in [-0.3, -0.25) is 14.4 Å². The summed E-state index contributed by atoms with van der Waals surface area (Å²) in [5.41, 5.74) is 1.61. The van der Waals surface area contributed by atoms with E-state index in [1.165, 1.54) is 0 Å². The van der Waals surface area contributed by atoms with Gasteiger partial charge in [0.2, 0.25) is 0 Å². The summed E-state index contributed by atoms with van der Waals surface area (Å²) in [6.45, 7) is 10.5. The normalized spacial score (nSPS) is 10.9. The molecule has 1 N–H and O–H groups in total. The van der Waals surface area contributed by atoms with E-state index in [9.17, 15) is 14.4 Å². The van der Waals surface area contributed by atoms with Gasteiger partial charge in [0.05, 0.1) is 0 Å². The standard InChI is InChI=1S/C19H28N2O4/c1-6-21(7-2)16(22)13-25-17(23)12-20-18(24)14-8-10-15(11-9-14)19(3,4)5/h8-11H,6-7,12-13H2,1-5H3,(H,20,24). The zero-order chi connectivity index (χ0) is 19.0. The van der Waals surface area contributed by atoms with Crippen molar-refractivity contribution < 1.29 is 19.1 Å². The summed E-state index contributed by atoms with van der Waals surface area (Å²) >= 11 is 0. The smallest absolute Gasteiger partial charge is 0.325 e. The molecule has 0 spiro atoms. The fourth-order valence-corrected chi connectivity index (χ4v) is 2.24. The number of esters is 1. The number of carbonyl (C=O) groups excluding carboxylic acids is 3. The van der Waals surface area contributed by atoms with E-state index in [1.54, 1.807) is 17.0 Å². The van der Waals surface area contributed by atoms with Crippen LogP contribution in [0.3, 0.4) is 0 Å². The lowest BCUT2D eigenvalue weighted by Gasteiger charge is -2.19. The molecule has 0 bridgehead atoms. The number of hydrogen-bond donors (Lipinski definition) is 1. The Hall–Kier alpha value is -2.37. The molecule has 6 heteroatoms. The maximum absolute atomic E-state index is 12.1. The molecule has 25 heavy (non-hydrogen) atoms. The number of nitrogens with zero attached hydrogens (tertiary/aromatic N) is 1. The van der Waals surface area contributed by atoms with E-state index in [2.05, 4.69) is 26.1 Å². The lowest BCUT2D eigenvalue weighted by molar-refractivity contribution is -0.151. The van der Waals surface area contributed by atoms with Gasteiger partial charge in [0, 0.05) is 18.7 Å². The molecule has 138 valence electrons. The van der Waals surface area contributed by atoms with Crippen molar-refractivity contribution in [2.24, 2.45) is 0 Å². The largest absolute Gasteiger partial charge is 0.454 e. The molecule has 0 unspecified atom stereocenters. The zero-order valence-corrected chi connectivity index (χ0v) is 15.7. The van der Waals surface area contributed by atoms with Crippen LogP contribution in [0.1, 0.15) is 50.5 Å². The third kappa shape index (κ3) is 6.57. The van der Waals surface area contributed by atoms with Crippen LogP contribution in [0.15, 0.2) is 24.3 Å². The van der Waals surface area contributed by atoms with E-state index in [0.29, 0.717) is 18.7 Å². The molecule has 1 rings (SSSR count). The third-order valence-electron chi connectivity index (χ3n) is 3.88. The second-order valence-electron chi connectivity index (χ2n) is 6.74. The topological polar surface area (TPSA) is 75.7 Å². The van der Waals surface area contributed by atoms with Crippen LogP contribution in [0, 0.1) is 0 Å². The predicted molar refractivity (Wildman–Crippen MR) is 96.4 cm³/mol. The number of nitrogens with one attached hydrogen (secondary N) is 1. The maximum Gasteiger partial charge on any atom is 0.325 e. The lowest BCUT2D eigenvalue weighted by atomic mass is 9.87. The van der Waals surface area contributed by atoms with Gasteiger partial charge in [-0.2, -0.15) is 0 Å². The minimum absolute atomic E-state index is 0.0101. The Morgan fingerprint density at radius 3 is 2.08 bits per heavy atom. The molecule has 2 amide bonds. The number of hydrogen-bond acceptors (Lipinski definition) is 4. The Morgan fingerprint density at radius 2 is 1.60 bits per heavy atom. The maximum atomic E-state index is 12.1. The van der Waals surface area contributed by atoms with Crippen molar-refractivity contribution in [3.63, 3.8) is 0 Å². The van der Waals surface area contributed by atoms with Gasteiger partial charge in [-0.1, -0.05) is 32.9 Å². The van der Waals surface area contributed by atoms with Gasteiger partial charge in [-0.15, -0.1) is 0 Å². The number of rotatable bonds is 7. The highest BCUT2D eigenvalue weighted by atomic mass is 16.5. The molecule has 0 saturated carbocycles. The van der Waals surface area contributed by atoms with Gasteiger partial charge in [-0.25, -0.2) is 0 Å². The van der Waals surface area contributed by atoms with Crippen LogP contribution in [-0.2, 0) is 19.7 Å². The Bertz CT molecular complexity index is 599. The van der Waals surface area contributed by atoms with Crippen LogP contribution in [-0.4, -0.2) is 48.9 Å². The zero-order valence-electron chi connectivity index (χ0n) is 15.7. The summed E-state index contributed by atoms with van der Waals surface area (Å²) in [5, 5.41) is 2.50. The molecule has 0 fully saturated rings. The van der Waals surface area contributed by atoms with Crippen molar-refractivity contribution in [2.45, 2.75) is 40.0 Å². The molecule has 1 aromatic carbocycles. The van der Waals surface area contributed by atoms with E-state index in [0.717, 1.165) is 5.56 Å². The molecule has 0 radical (unpaired) electrons. The molecule has 0 aromatic heterocycles. The summed E-state index contributed by atoms with van der Waals surface area (Å²) in [7, 11) is 0. The number of carbonyl (C=O) groups is 3. The molecule has 0 atom stereocenters. The van der Waals surface area contributed by atoms with Crippen LogP contribution in [0.4, 0.5) is 0 Å². The Labute approximate surface area is 149 Å². The quantitative estimate of drug-likeness (QED) is 0.766. The fraction of sp³-hybridized carbons (Fsp3) is 0.526. The van der Waals surface area contributed by atoms with Crippen molar-refractivity contribution in [1.29, 1.82) is 0 Å². The monoisotopic (exact) mass is 348 g/mol. The van der Waals surface area contributed by atoms with E-state index >= 15 is 0 Å². The van der Waals surface area contributed by atoms with E-state index in [1.807, 2.05) is 26.0 Å². The lowest BCUT2D eigenvalue weighted by Crippen LogP contribution is -2.36. The van der Waals surface area contributed by atoms with Crippen LogP contribution in [0.5, 0.6) is 0 Å². The molecule has 0 aliphatic rings. The molecular formula is C19H28N2O4. The van der Waals surface area contributed by atoms with Crippen molar-refractivity contribution in [3.8, 4) is 0 Å². The van der Waals surface area contributed by atoms with Gasteiger partial charge in [-0.05, 0) is 37.0 Å². The highest BCUT2D eigenvalue weighted by Crippen LogP contribution is 2.22. The summed E-state index contributed by atoms with van der Waals surface area (Å²) in [6, 6.07) is 7.25. The van der Waals surface area contributed by atoms with Crippen molar-refractivity contribution >= 4 is 17.8 Å². The first-order chi connectivity index (χ1) is 11.7. The number of ether oxygens (including phenoxy) is 1. The van der Waals surface area contributed by atoms with Crippen LogP contribution >= 0.6 is 0 Å². The van der Waals surface area contributed by atoms with Crippen LogP contribution in [0.25, 0.3) is 0 Å². The van der Waals surface area contributed by atoms with Crippen LogP contribution in [0.2, 0.25) is 0 Å². The summed E-state index contributed by atoms with van der Waals surface area (Å²) in [5.74, 6) is -1.24. The van der Waals surface area contributed by atoms with Crippen LogP contribution < -0.4 is 5.32 Å². The minimum Gasteiger partial charge on any atom is -0.454 e. The van der Waals surface area contributed by atoms with E-state index < -0.39 is 5.97 Å². The summed E-state index contributed by atoms with van der Waals surface area (Å²) in [4.78, 5) is 37.0. The molecular weight excluding hydrogens is 320 g/mol. The first kappa shape index (κ1) is 20.7.